The lowest BCUT2D eigenvalue weighted by atomic mass is 9.99. The SMILES string of the molecule is COC(C(C)C)C(O)Cc1nc2ccccc2n1C. The van der Waals surface area contributed by atoms with Crippen LogP contribution in [0.25, 0.3) is 11.0 Å². The summed E-state index contributed by atoms with van der Waals surface area (Å²) in [5.41, 5.74) is 2.05. The van der Waals surface area contributed by atoms with Crippen LogP contribution in [0.15, 0.2) is 24.3 Å². The average molecular weight is 262 g/mol. The molecule has 0 radical (unpaired) electrons. The summed E-state index contributed by atoms with van der Waals surface area (Å²) in [4.78, 5) is 4.58. The van der Waals surface area contributed by atoms with Gasteiger partial charge in [0.1, 0.15) is 5.82 Å². The molecule has 0 aliphatic rings. The highest BCUT2D eigenvalue weighted by Crippen LogP contribution is 2.18. The van der Waals surface area contributed by atoms with Crippen LogP contribution in [-0.4, -0.2) is 34.0 Å². The van der Waals surface area contributed by atoms with Gasteiger partial charge in [-0.2, -0.15) is 0 Å². The summed E-state index contributed by atoms with van der Waals surface area (Å²) >= 11 is 0. The Bertz CT molecular complexity index is 548. The molecule has 1 aromatic heterocycles. The number of rotatable bonds is 5. The molecule has 2 aromatic rings. The second-order valence-electron chi connectivity index (χ2n) is 5.29. The third-order valence-electron chi connectivity index (χ3n) is 3.58. The number of aryl methyl sites for hydroxylation is 1. The van der Waals surface area contributed by atoms with E-state index in [2.05, 4.69) is 4.98 Å². The minimum atomic E-state index is -0.541. The molecule has 0 fully saturated rings. The van der Waals surface area contributed by atoms with Gasteiger partial charge in [0, 0.05) is 20.6 Å². The molecule has 1 heterocycles. The van der Waals surface area contributed by atoms with Gasteiger partial charge in [0.2, 0.25) is 0 Å². The topological polar surface area (TPSA) is 47.3 Å². The van der Waals surface area contributed by atoms with Crippen LogP contribution >= 0.6 is 0 Å². The van der Waals surface area contributed by atoms with E-state index in [4.69, 9.17) is 4.74 Å². The van der Waals surface area contributed by atoms with Crippen LogP contribution in [0.5, 0.6) is 0 Å². The molecular formula is C15H22N2O2. The van der Waals surface area contributed by atoms with E-state index in [1.54, 1.807) is 7.11 Å². The molecule has 0 saturated carbocycles. The fraction of sp³-hybridized carbons (Fsp3) is 0.533. The van der Waals surface area contributed by atoms with Gasteiger partial charge >= 0.3 is 0 Å². The predicted octanol–water partition coefficient (Wildman–Crippen LogP) is 2.15. The zero-order chi connectivity index (χ0) is 14.0. The summed E-state index contributed by atoms with van der Waals surface area (Å²) in [6.45, 7) is 4.10. The van der Waals surface area contributed by atoms with Crippen molar-refractivity contribution >= 4 is 11.0 Å². The fourth-order valence-electron chi connectivity index (χ4n) is 2.55. The molecule has 0 saturated heterocycles. The van der Waals surface area contributed by atoms with E-state index in [0.717, 1.165) is 16.9 Å². The van der Waals surface area contributed by atoms with Crippen molar-refractivity contribution in [3.63, 3.8) is 0 Å². The summed E-state index contributed by atoms with van der Waals surface area (Å²) in [5.74, 6) is 1.16. The van der Waals surface area contributed by atoms with Crippen molar-refractivity contribution in [1.29, 1.82) is 0 Å². The van der Waals surface area contributed by atoms with Gasteiger partial charge < -0.3 is 14.4 Å². The summed E-state index contributed by atoms with van der Waals surface area (Å²) in [6, 6.07) is 7.99. The standard InChI is InChI=1S/C15H22N2O2/c1-10(2)15(19-4)13(18)9-14-16-11-7-5-6-8-12(11)17(14)3/h5-8,10,13,15,18H,9H2,1-4H3. The highest BCUT2D eigenvalue weighted by molar-refractivity contribution is 5.75. The van der Waals surface area contributed by atoms with Crippen molar-refractivity contribution in [3.8, 4) is 0 Å². The van der Waals surface area contributed by atoms with E-state index >= 15 is 0 Å². The van der Waals surface area contributed by atoms with Crippen molar-refractivity contribution in [3.05, 3.63) is 30.1 Å². The highest BCUT2D eigenvalue weighted by atomic mass is 16.5. The molecule has 19 heavy (non-hydrogen) atoms. The smallest absolute Gasteiger partial charge is 0.112 e. The monoisotopic (exact) mass is 262 g/mol. The summed E-state index contributed by atoms with van der Waals surface area (Å²) in [6.07, 6.45) is -0.206. The second kappa shape index (κ2) is 5.72. The summed E-state index contributed by atoms with van der Waals surface area (Å²) in [5, 5.41) is 10.3. The van der Waals surface area contributed by atoms with E-state index < -0.39 is 6.10 Å². The Labute approximate surface area is 114 Å². The molecule has 4 nitrogen and oxygen atoms in total. The first kappa shape index (κ1) is 14.0. The lowest BCUT2D eigenvalue weighted by Gasteiger charge is -2.24. The number of aliphatic hydroxyl groups is 1. The average Bonchev–Trinajstić information content (AvgIpc) is 2.67. The van der Waals surface area contributed by atoms with Crippen LogP contribution < -0.4 is 0 Å². The second-order valence-corrected chi connectivity index (χ2v) is 5.29. The number of benzene rings is 1. The number of ether oxygens (including phenoxy) is 1. The van der Waals surface area contributed by atoms with Crippen LogP contribution in [0, 0.1) is 5.92 Å². The number of hydrogen-bond donors (Lipinski definition) is 1. The first-order valence-electron chi connectivity index (χ1n) is 6.65. The van der Waals surface area contributed by atoms with Gasteiger partial charge in [0.05, 0.1) is 23.2 Å². The normalized spacial score (nSPS) is 15.1. The lowest BCUT2D eigenvalue weighted by molar-refractivity contribution is -0.0377. The van der Waals surface area contributed by atoms with Gasteiger partial charge in [0.15, 0.2) is 0 Å². The molecular weight excluding hydrogens is 240 g/mol. The molecule has 2 unspecified atom stereocenters. The van der Waals surface area contributed by atoms with Crippen molar-refractivity contribution in [1.82, 2.24) is 9.55 Å². The summed E-state index contributed by atoms with van der Waals surface area (Å²) in [7, 11) is 3.62. The number of imidazole rings is 1. The van der Waals surface area contributed by atoms with Crippen molar-refractivity contribution < 1.29 is 9.84 Å². The predicted molar refractivity (Wildman–Crippen MR) is 76.1 cm³/mol. The van der Waals surface area contributed by atoms with Crippen LogP contribution in [0.4, 0.5) is 0 Å². The number of fused-ring (bicyclic) bond motifs is 1. The Morgan fingerprint density at radius 1 is 1.32 bits per heavy atom. The highest BCUT2D eigenvalue weighted by Gasteiger charge is 2.24. The number of nitrogens with zero attached hydrogens (tertiary/aromatic N) is 2. The Morgan fingerprint density at radius 3 is 2.58 bits per heavy atom. The molecule has 0 aliphatic heterocycles. The van der Waals surface area contributed by atoms with Gasteiger partial charge in [0.25, 0.3) is 0 Å². The molecule has 2 atom stereocenters. The molecule has 104 valence electrons. The maximum Gasteiger partial charge on any atom is 0.112 e. The van der Waals surface area contributed by atoms with Crippen molar-refractivity contribution in [2.75, 3.05) is 7.11 Å². The molecule has 0 bridgehead atoms. The number of para-hydroxylation sites is 2. The largest absolute Gasteiger partial charge is 0.390 e. The molecule has 0 amide bonds. The van der Waals surface area contributed by atoms with Gasteiger partial charge in [-0.05, 0) is 18.1 Å². The summed E-state index contributed by atoms with van der Waals surface area (Å²) < 4.78 is 7.41. The molecule has 1 aromatic carbocycles. The third-order valence-corrected chi connectivity index (χ3v) is 3.58. The maximum absolute atomic E-state index is 10.3. The Balaban J connectivity index is 2.23. The molecule has 2 rings (SSSR count). The van der Waals surface area contributed by atoms with Gasteiger partial charge in [-0.15, -0.1) is 0 Å². The number of aliphatic hydroxyl groups excluding tert-OH is 1. The molecule has 1 N–H and O–H groups in total. The molecule has 0 spiro atoms. The van der Waals surface area contributed by atoms with Crippen molar-refractivity contribution in [2.24, 2.45) is 13.0 Å². The van der Waals surface area contributed by atoms with Crippen LogP contribution in [0.1, 0.15) is 19.7 Å². The first-order valence-corrected chi connectivity index (χ1v) is 6.65. The molecule has 0 aliphatic carbocycles. The third kappa shape index (κ3) is 2.80. The number of methoxy groups -OCH3 is 1. The maximum atomic E-state index is 10.3. The lowest BCUT2D eigenvalue weighted by Crippen LogP contribution is -2.35. The minimum absolute atomic E-state index is 0.167. The van der Waals surface area contributed by atoms with Gasteiger partial charge in [-0.25, -0.2) is 4.98 Å². The van der Waals surface area contributed by atoms with Crippen LogP contribution in [0.3, 0.4) is 0 Å². The van der Waals surface area contributed by atoms with E-state index in [0.29, 0.717) is 6.42 Å². The first-order chi connectivity index (χ1) is 9.04. The van der Waals surface area contributed by atoms with Gasteiger partial charge in [-0.3, -0.25) is 0 Å². The van der Waals surface area contributed by atoms with E-state index in [1.165, 1.54) is 0 Å². The van der Waals surface area contributed by atoms with Gasteiger partial charge in [-0.1, -0.05) is 26.0 Å². The minimum Gasteiger partial charge on any atom is -0.390 e. The quantitative estimate of drug-likeness (QED) is 0.898. The van der Waals surface area contributed by atoms with Crippen molar-refractivity contribution in [2.45, 2.75) is 32.5 Å². The zero-order valence-electron chi connectivity index (χ0n) is 12.0. The molecule has 4 heteroatoms. The Kier molecular flexibility index (Phi) is 4.22. The number of aromatic nitrogens is 2. The number of hydrogen-bond acceptors (Lipinski definition) is 3. The van der Waals surface area contributed by atoms with E-state index in [9.17, 15) is 5.11 Å². The zero-order valence-corrected chi connectivity index (χ0v) is 12.0. The Morgan fingerprint density at radius 2 is 2.00 bits per heavy atom. The van der Waals surface area contributed by atoms with E-state index in [-0.39, 0.29) is 12.0 Å². The van der Waals surface area contributed by atoms with Crippen LogP contribution in [0.2, 0.25) is 0 Å². The fourth-order valence-corrected chi connectivity index (χ4v) is 2.55. The Hall–Kier alpha value is -1.39. The van der Waals surface area contributed by atoms with Crippen LogP contribution in [-0.2, 0) is 18.2 Å². The van der Waals surface area contributed by atoms with E-state index in [1.807, 2.05) is 49.7 Å².